The largest absolute Gasteiger partial charge is 0.344 e. The SMILES string of the molecule is O=[NH+]c1ccc(Cl)c(C(NC(=O)CNC(=O)c2ccc(F)cc2)c2ccccc2)c1. The van der Waals surface area contributed by atoms with Gasteiger partial charge in [-0.15, -0.1) is 0 Å². The maximum Gasteiger partial charge on any atom is 0.253 e. The van der Waals surface area contributed by atoms with E-state index in [4.69, 9.17) is 11.6 Å². The molecule has 0 radical (unpaired) electrons. The van der Waals surface area contributed by atoms with Crippen molar-refractivity contribution in [1.29, 1.82) is 0 Å². The number of carbonyl (C=O) groups is 2. The van der Waals surface area contributed by atoms with Crippen molar-refractivity contribution in [3.05, 3.63) is 105 Å². The zero-order valence-electron chi connectivity index (χ0n) is 15.7. The molecule has 0 heterocycles. The standard InChI is InChI=1S/C22H17ClFN3O3/c23-19-11-10-17(27-30)12-18(19)21(14-4-2-1-3-5-14)26-20(28)13-25-22(29)15-6-8-16(24)9-7-15/h1-12,21H,13H2,(H,25,29)(H,26,28)/p+1. The molecule has 3 aromatic rings. The van der Waals surface area contributed by atoms with E-state index >= 15 is 0 Å². The third-order valence-electron chi connectivity index (χ3n) is 4.38. The molecule has 1 atom stereocenters. The first-order valence-electron chi connectivity index (χ1n) is 9.03. The Kier molecular flexibility index (Phi) is 6.87. The summed E-state index contributed by atoms with van der Waals surface area (Å²) in [7, 11) is 0. The minimum absolute atomic E-state index is 0.237. The van der Waals surface area contributed by atoms with Gasteiger partial charge in [0.25, 0.3) is 11.6 Å². The molecule has 6 nitrogen and oxygen atoms in total. The fourth-order valence-electron chi connectivity index (χ4n) is 2.89. The Hall–Kier alpha value is -3.58. The van der Waals surface area contributed by atoms with Crippen molar-refractivity contribution in [1.82, 2.24) is 10.6 Å². The molecule has 0 bridgehead atoms. The van der Waals surface area contributed by atoms with Crippen LogP contribution < -0.4 is 15.8 Å². The molecule has 0 aliphatic rings. The average molecular weight is 427 g/mol. The highest BCUT2D eigenvalue weighted by Gasteiger charge is 2.21. The van der Waals surface area contributed by atoms with Crippen LogP contribution in [0.1, 0.15) is 27.5 Å². The molecule has 0 spiro atoms. The number of hydrogen-bond donors (Lipinski definition) is 3. The number of carbonyl (C=O) groups excluding carboxylic acids is 2. The van der Waals surface area contributed by atoms with Crippen LogP contribution in [0.5, 0.6) is 0 Å². The normalized spacial score (nSPS) is 11.4. The van der Waals surface area contributed by atoms with Gasteiger partial charge in [-0.3, -0.25) is 9.59 Å². The summed E-state index contributed by atoms with van der Waals surface area (Å²) >= 11 is 6.32. The van der Waals surface area contributed by atoms with Crippen LogP contribution in [0.25, 0.3) is 0 Å². The number of benzene rings is 3. The third kappa shape index (κ3) is 5.27. The average Bonchev–Trinajstić information content (AvgIpc) is 2.77. The van der Waals surface area contributed by atoms with Crippen LogP contribution in [0.3, 0.4) is 0 Å². The summed E-state index contributed by atoms with van der Waals surface area (Å²) in [5.74, 6) is -1.42. The zero-order chi connectivity index (χ0) is 21.5. The van der Waals surface area contributed by atoms with Gasteiger partial charge in [0.05, 0.1) is 12.6 Å². The maximum absolute atomic E-state index is 13.0. The van der Waals surface area contributed by atoms with Crippen LogP contribution in [-0.2, 0) is 4.79 Å². The quantitative estimate of drug-likeness (QED) is 0.542. The molecule has 0 aliphatic heterocycles. The van der Waals surface area contributed by atoms with E-state index in [1.165, 1.54) is 30.3 Å². The lowest BCUT2D eigenvalue weighted by Crippen LogP contribution is -2.55. The first-order chi connectivity index (χ1) is 14.5. The number of nitroso groups, excluding NO2 is 1. The second-order valence-electron chi connectivity index (χ2n) is 6.44. The van der Waals surface area contributed by atoms with Crippen molar-refractivity contribution in [2.45, 2.75) is 6.04 Å². The Bertz CT molecular complexity index is 1060. The van der Waals surface area contributed by atoms with E-state index in [0.29, 0.717) is 16.3 Å². The number of rotatable bonds is 7. The van der Waals surface area contributed by atoms with Crippen LogP contribution >= 0.6 is 11.6 Å². The Morgan fingerprint density at radius 2 is 1.70 bits per heavy atom. The van der Waals surface area contributed by atoms with Gasteiger partial charge in [0.2, 0.25) is 5.91 Å². The summed E-state index contributed by atoms with van der Waals surface area (Å²) in [6.45, 7) is -0.295. The van der Waals surface area contributed by atoms with Crippen molar-refractivity contribution >= 4 is 29.1 Å². The lowest BCUT2D eigenvalue weighted by molar-refractivity contribution is -0.379. The minimum Gasteiger partial charge on any atom is -0.344 e. The molecule has 0 aromatic heterocycles. The molecule has 0 fully saturated rings. The molecule has 3 aromatic carbocycles. The summed E-state index contributed by atoms with van der Waals surface area (Å²) < 4.78 is 13.0. The van der Waals surface area contributed by atoms with E-state index < -0.39 is 23.7 Å². The lowest BCUT2D eigenvalue weighted by atomic mass is 9.98. The van der Waals surface area contributed by atoms with E-state index in [1.807, 2.05) is 35.5 Å². The molecule has 1 unspecified atom stereocenters. The highest BCUT2D eigenvalue weighted by Crippen LogP contribution is 2.29. The summed E-state index contributed by atoms with van der Waals surface area (Å²) in [5, 5.41) is 7.51. The summed E-state index contributed by atoms with van der Waals surface area (Å²) in [6, 6.07) is 18.1. The third-order valence-corrected chi connectivity index (χ3v) is 4.72. The monoisotopic (exact) mass is 426 g/mol. The molecule has 152 valence electrons. The number of amides is 2. The fraction of sp³-hybridized carbons (Fsp3) is 0.0909. The predicted octanol–water partition coefficient (Wildman–Crippen LogP) is 2.59. The fourth-order valence-corrected chi connectivity index (χ4v) is 3.12. The Morgan fingerprint density at radius 1 is 1.00 bits per heavy atom. The maximum atomic E-state index is 13.0. The molecule has 30 heavy (non-hydrogen) atoms. The van der Waals surface area contributed by atoms with E-state index in [0.717, 1.165) is 5.56 Å². The second-order valence-corrected chi connectivity index (χ2v) is 6.85. The Labute approximate surface area is 177 Å². The molecule has 8 heteroatoms. The van der Waals surface area contributed by atoms with Crippen molar-refractivity contribution in [2.75, 3.05) is 6.54 Å². The van der Waals surface area contributed by atoms with Crippen LogP contribution in [0, 0.1) is 10.7 Å². The van der Waals surface area contributed by atoms with E-state index in [9.17, 15) is 18.9 Å². The topological polar surface area (TPSA) is 89.2 Å². The molecule has 3 rings (SSSR count). The van der Waals surface area contributed by atoms with Crippen molar-refractivity contribution in [2.24, 2.45) is 0 Å². The van der Waals surface area contributed by atoms with Crippen molar-refractivity contribution in [3.8, 4) is 0 Å². The van der Waals surface area contributed by atoms with E-state index in [2.05, 4.69) is 10.6 Å². The second kappa shape index (κ2) is 9.76. The van der Waals surface area contributed by atoms with Gasteiger partial charge in [-0.1, -0.05) is 41.9 Å². The smallest absolute Gasteiger partial charge is 0.253 e. The van der Waals surface area contributed by atoms with Crippen LogP contribution in [0.2, 0.25) is 5.02 Å². The van der Waals surface area contributed by atoms with E-state index in [-0.39, 0.29) is 12.1 Å². The number of hydrogen-bond acceptors (Lipinski definition) is 3. The summed E-state index contributed by atoms with van der Waals surface area (Å²) in [5.41, 5.74) is 1.82. The molecule has 0 aliphatic carbocycles. The highest BCUT2D eigenvalue weighted by atomic mass is 35.5. The Balaban J connectivity index is 1.76. The van der Waals surface area contributed by atoms with Gasteiger partial charge in [-0.05, 0) is 35.9 Å². The first-order valence-corrected chi connectivity index (χ1v) is 9.41. The highest BCUT2D eigenvalue weighted by molar-refractivity contribution is 6.31. The number of nitrogens with one attached hydrogen (secondary N) is 3. The van der Waals surface area contributed by atoms with E-state index in [1.54, 1.807) is 12.1 Å². The van der Waals surface area contributed by atoms with Gasteiger partial charge in [-0.25, -0.2) is 4.39 Å². The zero-order valence-corrected chi connectivity index (χ0v) is 16.4. The van der Waals surface area contributed by atoms with Gasteiger partial charge in [0, 0.05) is 38.4 Å². The van der Waals surface area contributed by atoms with Crippen LogP contribution in [-0.4, -0.2) is 18.4 Å². The predicted molar refractivity (Wildman–Crippen MR) is 111 cm³/mol. The van der Waals surface area contributed by atoms with Gasteiger partial charge in [0.1, 0.15) is 5.82 Å². The van der Waals surface area contributed by atoms with Crippen LogP contribution in [0.4, 0.5) is 10.1 Å². The van der Waals surface area contributed by atoms with Gasteiger partial charge in [-0.2, -0.15) is 0 Å². The van der Waals surface area contributed by atoms with Crippen LogP contribution in [0.15, 0.2) is 72.8 Å². The lowest BCUT2D eigenvalue weighted by Gasteiger charge is -2.21. The summed E-state index contributed by atoms with van der Waals surface area (Å²) in [6.07, 6.45) is 0. The summed E-state index contributed by atoms with van der Waals surface area (Å²) in [4.78, 5) is 35.8. The molecule has 2 amide bonds. The molecule has 0 saturated carbocycles. The molecule has 0 saturated heterocycles. The van der Waals surface area contributed by atoms with Gasteiger partial charge >= 0.3 is 0 Å². The molecular formula is C22H18ClFN3O3+. The molecular weight excluding hydrogens is 409 g/mol. The minimum atomic E-state index is -0.637. The van der Waals surface area contributed by atoms with Gasteiger partial charge < -0.3 is 10.6 Å². The first kappa shape index (κ1) is 21.1. The molecule has 3 N–H and O–H groups in total. The number of halogens is 2. The van der Waals surface area contributed by atoms with Gasteiger partial charge in [0.15, 0.2) is 0 Å². The Morgan fingerprint density at radius 3 is 2.37 bits per heavy atom. The van der Waals surface area contributed by atoms with Crippen molar-refractivity contribution in [3.63, 3.8) is 0 Å². The van der Waals surface area contributed by atoms with Crippen molar-refractivity contribution < 1.29 is 19.2 Å².